The predicted molar refractivity (Wildman–Crippen MR) is 101 cm³/mol. The fourth-order valence-electron chi connectivity index (χ4n) is 3.70. The Labute approximate surface area is 149 Å². The molecule has 0 amide bonds. The van der Waals surface area contributed by atoms with Gasteiger partial charge in [-0.2, -0.15) is 0 Å². The summed E-state index contributed by atoms with van der Waals surface area (Å²) in [7, 11) is 0. The lowest BCUT2D eigenvalue weighted by atomic mass is 9.95. The van der Waals surface area contributed by atoms with Crippen LogP contribution in [-0.2, 0) is 6.54 Å². The van der Waals surface area contributed by atoms with Crippen molar-refractivity contribution in [2.45, 2.75) is 32.2 Å². The van der Waals surface area contributed by atoms with Crippen LogP contribution in [0.3, 0.4) is 0 Å². The van der Waals surface area contributed by atoms with Gasteiger partial charge in [0.25, 0.3) is 0 Å². The molecule has 0 saturated carbocycles. The Bertz CT molecular complexity index is 802. The van der Waals surface area contributed by atoms with Gasteiger partial charge in [0, 0.05) is 24.7 Å². The molecule has 1 saturated heterocycles. The van der Waals surface area contributed by atoms with Crippen LogP contribution < -0.4 is 4.90 Å². The van der Waals surface area contributed by atoms with E-state index < -0.39 is 0 Å². The molecule has 128 valence electrons. The van der Waals surface area contributed by atoms with Gasteiger partial charge in [0.1, 0.15) is 11.6 Å². The molecule has 3 aromatic rings. The van der Waals surface area contributed by atoms with E-state index in [4.69, 9.17) is 0 Å². The summed E-state index contributed by atoms with van der Waals surface area (Å²) in [6, 6.07) is 21.3. The summed E-state index contributed by atoms with van der Waals surface area (Å²) in [5.74, 6) is 2.64. The van der Waals surface area contributed by atoms with Gasteiger partial charge in [0.05, 0.1) is 6.54 Å². The Morgan fingerprint density at radius 3 is 2.20 bits per heavy atom. The topological polar surface area (TPSA) is 34.0 Å². The standard InChI is InChI=1S/C21H24N4/c1-17-22-23-21(25(17)16-18-8-4-2-5-9-18)19-12-14-24(15-13-19)20-10-6-3-7-11-20/h2-11,19H,12-16H2,1H3. The number of hydrogen-bond donors (Lipinski definition) is 0. The molecule has 25 heavy (non-hydrogen) atoms. The van der Waals surface area contributed by atoms with Crippen molar-refractivity contribution in [3.63, 3.8) is 0 Å². The van der Waals surface area contributed by atoms with Gasteiger partial charge in [0.15, 0.2) is 0 Å². The fraction of sp³-hybridized carbons (Fsp3) is 0.333. The zero-order valence-corrected chi connectivity index (χ0v) is 14.7. The summed E-state index contributed by atoms with van der Waals surface area (Å²) < 4.78 is 2.29. The molecule has 1 fully saturated rings. The monoisotopic (exact) mass is 332 g/mol. The van der Waals surface area contributed by atoms with Gasteiger partial charge in [0.2, 0.25) is 0 Å². The van der Waals surface area contributed by atoms with Gasteiger partial charge in [-0.1, -0.05) is 48.5 Å². The van der Waals surface area contributed by atoms with Crippen molar-refractivity contribution in [1.82, 2.24) is 14.8 Å². The Hall–Kier alpha value is -2.62. The highest BCUT2D eigenvalue weighted by atomic mass is 15.3. The fourth-order valence-corrected chi connectivity index (χ4v) is 3.70. The largest absolute Gasteiger partial charge is 0.371 e. The third kappa shape index (κ3) is 3.43. The second kappa shape index (κ2) is 7.09. The van der Waals surface area contributed by atoms with Gasteiger partial charge < -0.3 is 9.47 Å². The average molecular weight is 332 g/mol. The molecule has 0 N–H and O–H groups in total. The van der Waals surface area contributed by atoms with Crippen molar-refractivity contribution in [3.8, 4) is 0 Å². The molecule has 0 atom stereocenters. The van der Waals surface area contributed by atoms with E-state index in [0.717, 1.165) is 44.1 Å². The van der Waals surface area contributed by atoms with E-state index in [-0.39, 0.29) is 0 Å². The maximum Gasteiger partial charge on any atom is 0.136 e. The molecule has 0 radical (unpaired) electrons. The summed E-state index contributed by atoms with van der Waals surface area (Å²) in [5.41, 5.74) is 2.62. The van der Waals surface area contributed by atoms with E-state index in [1.165, 1.54) is 11.3 Å². The first-order chi connectivity index (χ1) is 12.3. The Kier molecular flexibility index (Phi) is 4.51. The highest BCUT2D eigenvalue weighted by Gasteiger charge is 2.25. The highest BCUT2D eigenvalue weighted by Crippen LogP contribution is 2.30. The normalized spacial score (nSPS) is 15.5. The van der Waals surface area contributed by atoms with Crippen molar-refractivity contribution in [1.29, 1.82) is 0 Å². The lowest BCUT2D eigenvalue weighted by Crippen LogP contribution is -2.33. The molecule has 0 aliphatic carbocycles. The predicted octanol–water partition coefficient (Wildman–Crippen LogP) is 4.02. The number of aryl methyl sites for hydroxylation is 1. The SMILES string of the molecule is Cc1nnc(C2CCN(c3ccccc3)CC2)n1Cc1ccccc1. The molecule has 2 heterocycles. The Morgan fingerprint density at radius 1 is 0.880 bits per heavy atom. The quantitative estimate of drug-likeness (QED) is 0.724. The summed E-state index contributed by atoms with van der Waals surface area (Å²) in [5, 5.41) is 8.89. The molecule has 2 aromatic carbocycles. The molecule has 0 spiro atoms. The lowest BCUT2D eigenvalue weighted by molar-refractivity contribution is 0.468. The van der Waals surface area contributed by atoms with Crippen molar-refractivity contribution in [2.24, 2.45) is 0 Å². The molecule has 4 nitrogen and oxygen atoms in total. The maximum atomic E-state index is 4.53. The van der Waals surface area contributed by atoms with Crippen LogP contribution in [0.15, 0.2) is 60.7 Å². The van der Waals surface area contributed by atoms with Crippen LogP contribution in [0.5, 0.6) is 0 Å². The van der Waals surface area contributed by atoms with Crippen LogP contribution in [0.2, 0.25) is 0 Å². The molecule has 1 aromatic heterocycles. The molecule has 4 heteroatoms. The lowest BCUT2D eigenvalue weighted by Gasteiger charge is -2.33. The van der Waals surface area contributed by atoms with Gasteiger partial charge in [-0.25, -0.2) is 0 Å². The molecule has 0 unspecified atom stereocenters. The summed E-state index contributed by atoms with van der Waals surface area (Å²) in [4.78, 5) is 2.47. The minimum atomic E-state index is 0.491. The maximum absolute atomic E-state index is 4.53. The number of nitrogens with zero attached hydrogens (tertiary/aromatic N) is 4. The number of rotatable bonds is 4. The van der Waals surface area contributed by atoms with Gasteiger partial charge in [-0.3, -0.25) is 0 Å². The summed E-state index contributed by atoms with van der Waals surface area (Å²) in [6.07, 6.45) is 2.25. The van der Waals surface area contributed by atoms with E-state index in [1.807, 2.05) is 0 Å². The second-order valence-electron chi connectivity index (χ2n) is 6.77. The molecular formula is C21H24N4. The third-order valence-electron chi connectivity index (χ3n) is 5.13. The summed E-state index contributed by atoms with van der Waals surface area (Å²) in [6.45, 7) is 5.06. The number of benzene rings is 2. The first-order valence-electron chi connectivity index (χ1n) is 9.05. The highest BCUT2D eigenvalue weighted by molar-refractivity contribution is 5.46. The zero-order chi connectivity index (χ0) is 17.1. The molecule has 0 bridgehead atoms. The van der Waals surface area contributed by atoms with E-state index in [0.29, 0.717) is 5.92 Å². The zero-order valence-electron chi connectivity index (χ0n) is 14.7. The van der Waals surface area contributed by atoms with Gasteiger partial charge >= 0.3 is 0 Å². The van der Waals surface area contributed by atoms with Crippen LogP contribution in [0, 0.1) is 6.92 Å². The van der Waals surface area contributed by atoms with Crippen LogP contribution in [0.4, 0.5) is 5.69 Å². The van der Waals surface area contributed by atoms with Crippen LogP contribution >= 0.6 is 0 Å². The number of para-hydroxylation sites is 1. The van der Waals surface area contributed by atoms with Crippen molar-refractivity contribution < 1.29 is 0 Å². The second-order valence-corrected chi connectivity index (χ2v) is 6.77. The van der Waals surface area contributed by atoms with E-state index in [2.05, 4.69) is 87.3 Å². The third-order valence-corrected chi connectivity index (χ3v) is 5.13. The minimum absolute atomic E-state index is 0.491. The molecule has 1 aliphatic rings. The first-order valence-corrected chi connectivity index (χ1v) is 9.05. The van der Waals surface area contributed by atoms with Crippen molar-refractivity contribution >= 4 is 5.69 Å². The van der Waals surface area contributed by atoms with Crippen molar-refractivity contribution in [2.75, 3.05) is 18.0 Å². The first kappa shape index (κ1) is 15.9. The number of hydrogen-bond acceptors (Lipinski definition) is 3. The van der Waals surface area contributed by atoms with Gasteiger partial charge in [-0.05, 0) is 37.5 Å². The Balaban J connectivity index is 1.48. The molecule has 1 aliphatic heterocycles. The van der Waals surface area contributed by atoms with Crippen molar-refractivity contribution in [3.05, 3.63) is 77.9 Å². The molecular weight excluding hydrogens is 308 g/mol. The number of anilines is 1. The van der Waals surface area contributed by atoms with E-state index in [9.17, 15) is 0 Å². The van der Waals surface area contributed by atoms with E-state index in [1.54, 1.807) is 0 Å². The van der Waals surface area contributed by atoms with Gasteiger partial charge in [-0.15, -0.1) is 10.2 Å². The molecule has 4 rings (SSSR count). The van der Waals surface area contributed by atoms with E-state index >= 15 is 0 Å². The van der Waals surface area contributed by atoms with Crippen LogP contribution in [-0.4, -0.2) is 27.9 Å². The number of aromatic nitrogens is 3. The van der Waals surface area contributed by atoms with Crippen LogP contribution in [0.1, 0.15) is 36.0 Å². The number of piperidine rings is 1. The Morgan fingerprint density at radius 2 is 1.52 bits per heavy atom. The van der Waals surface area contributed by atoms with Crippen LogP contribution in [0.25, 0.3) is 0 Å². The minimum Gasteiger partial charge on any atom is -0.371 e. The summed E-state index contributed by atoms with van der Waals surface area (Å²) >= 11 is 0. The smallest absolute Gasteiger partial charge is 0.136 e. The average Bonchev–Trinajstić information content (AvgIpc) is 3.04.